The zero-order chi connectivity index (χ0) is 16.8. The van der Waals surface area contributed by atoms with Crippen LogP contribution in [0.4, 0.5) is 11.6 Å². The molecular weight excluding hydrogens is 320 g/mol. The summed E-state index contributed by atoms with van der Waals surface area (Å²) < 4.78 is 1.91. The first-order valence-corrected chi connectivity index (χ1v) is 8.07. The summed E-state index contributed by atoms with van der Waals surface area (Å²) in [5, 5.41) is 7.90. The first-order valence-electron chi connectivity index (χ1n) is 8.07. The Bertz CT molecular complexity index is 1040. The van der Waals surface area contributed by atoms with Gasteiger partial charge >= 0.3 is 0 Å². The van der Waals surface area contributed by atoms with Crippen LogP contribution in [0.3, 0.4) is 0 Å². The van der Waals surface area contributed by atoms with Crippen molar-refractivity contribution in [2.24, 2.45) is 7.05 Å². The number of aromatic amines is 1. The van der Waals surface area contributed by atoms with Gasteiger partial charge in [0.15, 0.2) is 22.6 Å². The molecule has 0 spiro atoms. The van der Waals surface area contributed by atoms with E-state index in [9.17, 15) is 0 Å². The number of aromatic nitrogens is 8. The minimum atomic E-state index is 0.762. The number of hydrogen-bond acceptors (Lipinski definition) is 8. The lowest BCUT2D eigenvalue weighted by atomic mass is 10.2. The Balaban J connectivity index is 1.42. The minimum Gasteiger partial charge on any atom is -0.352 e. The summed E-state index contributed by atoms with van der Waals surface area (Å²) in [6, 6.07) is 0. The van der Waals surface area contributed by atoms with Crippen molar-refractivity contribution in [3.05, 3.63) is 25.2 Å². The van der Waals surface area contributed by atoms with Gasteiger partial charge in [0, 0.05) is 33.2 Å². The van der Waals surface area contributed by atoms with E-state index in [0.717, 1.165) is 60.0 Å². The SMILES string of the molecule is Cn1cnc2c(N3CCN(c4ncnc5[nH]ncc45)CC3)ncnc21. The molecule has 0 radical (unpaired) electrons. The molecule has 10 heteroatoms. The fraction of sp³-hybridized carbons (Fsp3) is 0.333. The molecule has 1 N–H and O–H groups in total. The number of nitrogens with zero attached hydrogens (tertiary/aromatic N) is 9. The first-order chi connectivity index (χ1) is 12.3. The number of hydrogen-bond donors (Lipinski definition) is 1. The summed E-state index contributed by atoms with van der Waals surface area (Å²) in [5.74, 6) is 1.81. The Morgan fingerprint density at radius 2 is 1.60 bits per heavy atom. The molecule has 10 nitrogen and oxygen atoms in total. The van der Waals surface area contributed by atoms with Gasteiger partial charge in [-0.15, -0.1) is 0 Å². The molecule has 0 bridgehead atoms. The highest BCUT2D eigenvalue weighted by molar-refractivity contribution is 5.86. The quantitative estimate of drug-likeness (QED) is 0.559. The summed E-state index contributed by atoms with van der Waals surface area (Å²) in [6.45, 7) is 3.36. The van der Waals surface area contributed by atoms with E-state index >= 15 is 0 Å². The van der Waals surface area contributed by atoms with Crippen molar-refractivity contribution >= 4 is 33.8 Å². The number of H-pyrrole nitrogens is 1. The van der Waals surface area contributed by atoms with E-state index in [-0.39, 0.29) is 0 Å². The maximum Gasteiger partial charge on any atom is 0.165 e. The molecule has 0 atom stereocenters. The average Bonchev–Trinajstić information content (AvgIpc) is 3.28. The zero-order valence-corrected chi connectivity index (χ0v) is 13.7. The topological polar surface area (TPSA) is 105 Å². The van der Waals surface area contributed by atoms with Crippen LogP contribution in [0.2, 0.25) is 0 Å². The average molecular weight is 336 g/mol. The van der Waals surface area contributed by atoms with E-state index < -0.39 is 0 Å². The zero-order valence-electron chi connectivity index (χ0n) is 13.7. The number of anilines is 2. The highest BCUT2D eigenvalue weighted by Gasteiger charge is 2.23. The van der Waals surface area contributed by atoms with Crippen molar-refractivity contribution < 1.29 is 0 Å². The second kappa shape index (κ2) is 5.36. The molecule has 1 aliphatic heterocycles. The second-order valence-electron chi connectivity index (χ2n) is 6.03. The van der Waals surface area contributed by atoms with Crippen LogP contribution in [0, 0.1) is 0 Å². The smallest absolute Gasteiger partial charge is 0.165 e. The molecular formula is C15H16N10. The molecule has 4 aromatic heterocycles. The largest absolute Gasteiger partial charge is 0.352 e. The molecule has 0 unspecified atom stereocenters. The maximum atomic E-state index is 4.46. The van der Waals surface area contributed by atoms with Crippen molar-refractivity contribution in [1.82, 2.24) is 39.7 Å². The van der Waals surface area contributed by atoms with E-state index in [2.05, 4.69) is 44.9 Å². The second-order valence-corrected chi connectivity index (χ2v) is 6.03. The number of aryl methyl sites for hydroxylation is 1. The minimum absolute atomic E-state index is 0.762. The van der Waals surface area contributed by atoms with Gasteiger partial charge in [0.2, 0.25) is 0 Å². The fourth-order valence-electron chi connectivity index (χ4n) is 3.30. The van der Waals surface area contributed by atoms with Crippen LogP contribution >= 0.6 is 0 Å². The highest BCUT2D eigenvalue weighted by atomic mass is 15.3. The summed E-state index contributed by atoms with van der Waals surface area (Å²) >= 11 is 0. The molecule has 0 aromatic carbocycles. The van der Waals surface area contributed by atoms with E-state index in [4.69, 9.17) is 0 Å². The molecule has 0 saturated carbocycles. The van der Waals surface area contributed by atoms with Crippen LogP contribution in [-0.2, 0) is 7.05 Å². The van der Waals surface area contributed by atoms with Crippen LogP contribution < -0.4 is 9.80 Å². The van der Waals surface area contributed by atoms with Gasteiger partial charge < -0.3 is 14.4 Å². The number of fused-ring (bicyclic) bond motifs is 2. The molecule has 4 aromatic rings. The van der Waals surface area contributed by atoms with Crippen molar-refractivity contribution in [3.8, 4) is 0 Å². The monoisotopic (exact) mass is 336 g/mol. The van der Waals surface area contributed by atoms with E-state index in [0.29, 0.717) is 0 Å². The Hall–Kier alpha value is -3.30. The molecule has 0 amide bonds. The molecule has 126 valence electrons. The van der Waals surface area contributed by atoms with Crippen LogP contribution in [0.25, 0.3) is 22.2 Å². The lowest BCUT2D eigenvalue weighted by Crippen LogP contribution is -2.47. The predicted molar refractivity (Wildman–Crippen MR) is 92.4 cm³/mol. The van der Waals surface area contributed by atoms with Crippen LogP contribution in [0.1, 0.15) is 0 Å². The summed E-state index contributed by atoms with van der Waals surface area (Å²) in [5.41, 5.74) is 2.46. The number of rotatable bonds is 2. The van der Waals surface area contributed by atoms with Gasteiger partial charge in [0.05, 0.1) is 17.9 Å². The van der Waals surface area contributed by atoms with Crippen molar-refractivity contribution in [3.63, 3.8) is 0 Å². The third-order valence-electron chi connectivity index (χ3n) is 4.58. The summed E-state index contributed by atoms with van der Waals surface area (Å²) in [7, 11) is 1.94. The van der Waals surface area contributed by atoms with Gasteiger partial charge in [0.25, 0.3) is 0 Å². The van der Waals surface area contributed by atoms with Crippen molar-refractivity contribution in [2.45, 2.75) is 0 Å². The molecule has 1 aliphatic rings. The lowest BCUT2D eigenvalue weighted by Gasteiger charge is -2.36. The highest BCUT2D eigenvalue weighted by Crippen LogP contribution is 2.25. The predicted octanol–water partition coefficient (Wildman–Crippen LogP) is 0.356. The third kappa shape index (κ3) is 2.17. The standard InChI is InChI=1S/C15H16N10/c1-23-9-20-11-14(23)18-8-19-15(11)25-4-2-24(3-5-25)13-10-6-21-22-12(10)16-7-17-13/h6-9H,2-5H2,1H3,(H,16,17,21,22). The molecule has 0 aliphatic carbocycles. The van der Waals surface area contributed by atoms with Crippen molar-refractivity contribution in [2.75, 3.05) is 36.0 Å². The maximum absolute atomic E-state index is 4.46. The molecule has 5 heterocycles. The molecule has 5 rings (SSSR count). The molecule has 1 saturated heterocycles. The number of imidazole rings is 1. The van der Waals surface area contributed by atoms with Gasteiger partial charge in [-0.1, -0.05) is 0 Å². The molecule has 25 heavy (non-hydrogen) atoms. The van der Waals surface area contributed by atoms with Crippen molar-refractivity contribution in [1.29, 1.82) is 0 Å². The third-order valence-corrected chi connectivity index (χ3v) is 4.58. The number of nitrogens with one attached hydrogen (secondary N) is 1. The summed E-state index contributed by atoms with van der Waals surface area (Å²) in [4.78, 5) is 26.4. The van der Waals surface area contributed by atoms with E-state index in [1.165, 1.54) is 0 Å². The Kier molecular flexibility index (Phi) is 3.02. The molecule has 1 fully saturated rings. The van der Waals surface area contributed by atoms with Gasteiger partial charge in [0.1, 0.15) is 18.5 Å². The van der Waals surface area contributed by atoms with E-state index in [1.54, 1.807) is 25.2 Å². The fourth-order valence-corrected chi connectivity index (χ4v) is 3.30. The van der Waals surface area contributed by atoms with E-state index in [1.807, 2.05) is 11.6 Å². The van der Waals surface area contributed by atoms with Crippen LogP contribution in [0.15, 0.2) is 25.2 Å². The van der Waals surface area contributed by atoms with Gasteiger partial charge in [-0.3, -0.25) is 5.10 Å². The Morgan fingerprint density at radius 3 is 2.44 bits per heavy atom. The first kappa shape index (κ1) is 14.1. The normalized spacial score (nSPS) is 15.4. The van der Waals surface area contributed by atoms with Gasteiger partial charge in [-0.25, -0.2) is 24.9 Å². The Morgan fingerprint density at radius 1 is 0.880 bits per heavy atom. The van der Waals surface area contributed by atoms with Gasteiger partial charge in [-0.05, 0) is 0 Å². The van der Waals surface area contributed by atoms with Gasteiger partial charge in [-0.2, -0.15) is 5.10 Å². The lowest BCUT2D eigenvalue weighted by molar-refractivity contribution is 0.644. The number of piperazine rings is 1. The summed E-state index contributed by atoms with van der Waals surface area (Å²) in [6.07, 6.45) is 6.73. The Labute approximate surface area is 142 Å². The van der Waals surface area contributed by atoms with Crippen LogP contribution in [0.5, 0.6) is 0 Å². The van der Waals surface area contributed by atoms with Crippen LogP contribution in [-0.4, -0.2) is 65.9 Å².